The van der Waals surface area contributed by atoms with Crippen molar-refractivity contribution in [1.82, 2.24) is 0 Å². The van der Waals surface area contributed by atoms with E-state index in [2.05, 4.69) is 4.18 Å². The van der Waals surface area contributed by atoms with Gasteiger partial charge in [0.05, 0.1) is 16.0 Å². The minimum Gasteiger partial charge on any atom is -0.376 e. The van der Waals surface area contributed by atoms with Gasteiger partial charge in [0.15, 0.2) is 5.78 Å². The highest BCUT2D eigenvalue weighted by molar-refractivity contribution is 7.88. The van der Waals surface area contributed by atoms with E-state index in [9.17, 15) is 26.4 Å². The summed E-state index contributed by atoms with van der Waals surface area (Å²) in [5.74, 6) is -1.82. The highest BCUT2D eigenvalue weighted by atomic mass is 35.5. The van der Waals surface area contributed by atoms with Gasteiger partial charge in [0.25, 0.3) is 0 Å². The Morgan fingerprint density at radius 2 is 1.34 bits per heavy atom. The Morgan fingerprint density at radius 1 is 0.812 bits per heavy atom. The lowest BCUT2D eigenvalue weighted by Crippen LogP contribution is -2.28. The summed E-state index contributed by atoms with van der Waals surface area (Å²) < 4.78 is 64.2. The molecule has 32 heavy (non-hydrogen) atoms. The van der Waals surface area contributed by atoms with Gasteiger partial charge < -0.3 is 4.18 Å². The van der Waals surface area contributed by atoms with Crippen molar-refractivity contribution in [2.75, 3.05) is 0 Å². The summed E-state index contributed by atoms with van der Waals surface area (Å²) in [4.78, 5) is 13.3. The first-order valence-corrected chi connectivity index (χ1v) is 11.3. The Kier molecular flexibility index (Phi) is 7.09. The van der Waals surface area contributed by atoms with Crippen molar-refractivity contribution in [3.8, 4) is 5.75 Å². The van der Waals surface area contributed by atoms with Crippen molar-refractivity contribution in [1.29, 1.82) is 0 Å². The topological polar surface area (TPSA) is 60.4 Å². The third-order valence-corrected chi connectivity index (χ3v) is 6.34. The molecule has 168 valence electrons. The number of halogens is 6. The zero-order chi connectivity index (χ0) is 23.7. The summed E-state index contributed by atoms with van der Waals surface area (Å²) in [6.07, 6.45) is 0. The molecule has 0 bridgehead atoms. The molecule has 0 saturated heterocycles. The van der Waals surface area contributed by atoms with E-state index < -0.39 is 27.3 Å². The average molecular weight is 524 g/mol. The maximum absolute atomic E-state index is 13.3. The van der Waals surface area contributed by atoms with Crippen molar-refractivity contribution in [2.24, 2.45) is 0 Å². The molecular formula is C21H12Cl3F3O4S. The Morgan fingerprint density at radius 3 is 1.84 bits per heavy atom. The third kappa shape index (κ3) is 5.38. The number of ketones is 1. The molecule has 1 unspecified atom stereocenters. The highest BCUT2D eigenvalue weighted by Crippen LogP contribution is 2.33. The summed E-state index contributed by atoms with van der Waals surface area (Å²) in [5, 5.41) is 0.878. The first kappa shape index (κ1) is 24.4. The van der Waals surface area contributed by atoms with Gasteiger partial charge in [0.2, 0.25) is 0 Å². The van der Waals surface area contributed by atoms with Crippen LogP contribution in [0.5, 0.6) is 5.75 Å². The van der Waals surface area contributed by atoms with Crippen LogP contribution < -0.4 is 4.18 Å². The van der Waals surface area contributed by atoms with Crippen molar-refractivity contribution in [3.63, 3.8) is 0 Å². The predicted molar refractivity (Wildman–Crippen MR) is 116 cm³/mol. The van der Waals surface area contributed by atoms with Crippen molar-refractivity contribution in [2.45, 2.75) is 11.4 Å². The van der Waals surface area contributed by atoms with Gasteiger partial charge in [-0.2, -0.15) is 21.6 Å². The molecule has 0 spiro atoms. The monoisotopic (exact) mass is 522 g/mol. The second-order valence-electron chi connectivity index (χ2n) is 6.53. The van der Waals surface area contributed by atoms with Crippen LogP contribution in [-0.4, -0.2) is 19.7 Å². The summed E-state index contributed by atoms with van der Waals surface area (Å²) >= 11 is 17.9. The SMILES string of the molecule is O=C(c1ccc(Cl)c(Cl)c1)C(c1ccc(Cl)cc1)c1ccc(OS(=O)(=O)C(F)(F)F)cc1. The fraction of sp³-hybridized carbons (Fsp3) is 0.0952. The van der Waals surface area contributed by atoms with E-state index in [-0.39, 0.29) is 21.4 Å². The third-order valence-electron chi connectivity index (χ3n) is 4.37. The van der Waals surface area contributed by atoms with E-state index >= 15 is 0 Å². The van der Waals surface area contributed by atoms with Crippen LogP contribution in [0.4, 0.5) is 13.2 Å². The molecule has 11 heteroatoms. The number of benzene rings is 3. The Hall–Kier alpha value is -2.26. The molecule has 0 aliphatic carbocycles. The van der Waals surface area contributed by atoms with Crippen LogP contribution in [-0.2, 0) is 10.1 Å². The Labute approximate surface area is 196 Å². The number of rotatable bonds is 6. The second-order valence-corrected chi connectivity index (χ2v) is 9.32. The van der Waals surface area contributed by atoms with Crippen LogP contribution in [0.1, 0.15) is 27.4 Å². The molecule has 3 aromatic carbocycles. The maximum Gasteiger partial charge on any atom is 0.534 e. The van der Waals surface area contributed by atoms with Gasteiger partial charge in [-0.15, -0.1) is 0 Å². The lowest BCUT2D eigenvalue weighted by atomic mass is 9.85. The molecule has 0 heterocycles. The molecule has 0 N–H and O–H groups in total. The van der Waals surface area contributed by atoms with Gasteiger partial charge in [0, 0.05) is 10.6 Å². The smallest absolute Gasteiger partial charge is 0.376 e. The van der Waals surface area contributed by atoms with Gasteiger partial charge >= 0.3 is 15.6 Å². The quantitative estimate of drug-likeness (QED) is 0.201. The van der Waals surface area contributed by atoms with E-state index in [1.165, 1.54) is 30.3 Å². The standard InChI is InChI=1S/C21H12Cl3F3O4S/c22-15-6-1-12(2-7-15)19(20(28)14-5-10-17(23)18(24)11-14)13-3-8-16(9-4-13)31-32(29,30)21(25,26)27/h1-11,19H. The molecule has 0 aliphatic heterocycles. The molecule has 3 aromatic rings. The fourth-order valence-corrected chi connectivity index (χ4v) is 3.74. The first-order valence-electron chi connectivity index (χ1n) is 8.74. The molecule has 0 amide bonds. The second kappa shape index (κ2) is 9.31. The number of carbonyl (C=O) groups excluding carboxylic acids is 1. The van der Waals surface area contributed by atoms with Crippen molar-refractivity contribution in [3.05, 3.63) is 98.5 Å². The number of alkyl halides is 3. The summed E-state index contributed by atoms with van der Waals surface area (Å²) in [5.41, 5.74) is -4.40. The lowest BCUT2D eigenvalue weighted by molar-refractivity contribution is -0.0500. The average Bonchev–Trinajstić information content (AvgIpc) is 2.71. The predicted octanol–water partition coefficient (Wildman–Crippen LogP) is 6.89. The molecule has 0 aromatic heterocycles. The molecule has 4 nitrogen and oxygen atoms in total. The summed E-state index contributed by atoms with van der Waals surface area (Å²) in [7, 11) is -5.82. The highest BCUT2D eigenvalue weighted by Gasteiger charge is 2.48. The van der Waals surface area contributed by atoms with Gasteiger partial charge in [-0.1, -0.05) is 59.1 Å². The lowest BCUT2D eigenvalue weighted by Gasteiger charge is -2.18. The number of Topliss-reactive ketones (excluding diaryl/α,β-unsaturated/α-hetero) is 1. The van der Waals surface area contributed by atoms with Crippen LogP contribution in [0.3, 0.4) is 0 Å². The Balaban J connectivity index is 2.01. The fourth-order valence-electron chi connectivity index (χ4n) is 2.86. The van der Waals surface area contributed by atoms with Crippen molar-refractivity contribution >= 4 is 50.7 Å². The van der Waals surface area contributed by atoms with Gasteiger partial charge in [-0.3, -0.25) is 4.79 Å². The minimum atomic E-state index is -5.82. The minimum absolute atomic E-state index is 0.175. The largest absolute Gasteiger partial charge is 0.534 e. The van der Waals surface area contributed by atoms with Crippen LogP contribution in [0.2, 0.25) is 15.1 Å². The van der Waals surface area contributed by atoms with E-state index in [0.29, 0.717) is 16.1 Å². The number of carbonyl (C=O) groups is 1. The van der Waals surface area contributed by atoms with E-state index in [1.807, 2.05) is 0 Å². The molecule has 0 saturated carbocycles. The molecular weight excluding hydrogens is 512 g/mol. The maximum atomic E-state index is 13.3. The number of hydrogen-bond acceptors (Lipinski definition) is 4. The zero-order valence-corrected chi connectivity index (χ0v) is 18.8. The molecule has 0 radical (unpaired) electrons. The van der Waals surface area contributed by atoms with Crippen LogP contribution in [0.25, 0.3) is 0 Å². The molecule has 0 aliphatic rings. The van der Waals surface area contributed by atoms with Gasteiger partial charge in [0.1, 0.15) is 5.75 Å². The summed E-state index contributed by atoms with van der Waals surface area (Å²) in [6, 6.07) is 15.4. The normalized spacial score (nSPS) is 12.9. The molecule has 3 rings (SSSR count). The van der Waals surface area contributed by atoms with Crippen LogP contribution >= 0.6 is 34.8 Å². The Bertz CT molecular complexity index is 1240. The van der Waals surface area contributed by atoms with Crippen LogP contribution in [0.15, 0.2) is 66.7 Å². The van der Waals surface area contributed by atoms with Gasteiger partial charge in [-0.25, -0.2) is 0 Å². The molecule has 1 atom stereocenters. The van der Waals surface area contributed by atoms with E-state index in [0.717, 1.165) is 12.1 Å². The van der Waals surface area contributed by atoms with E-state index in [1.54, 1.807) is 24.3 Å². The van der Waals surface area contributed by atoms with Gasteiger partial charge in [-0.05, 0) is 53.6 Å². The number of hydrogen-bond donors (Lipinski definition) is 0. The summed E-state index contributed by atoms with van der Waals surface area (Å²) in [6.45, 7) is 0. The van der Waals surface area contributed by atoms with Crippen LogP contribution in [0, 0.1) is 0 Å². The van der Waals surface area contributed by atoms with E-state index in [4.69, 9.17) is 34.8 Å². The first-order chi connectivity index (χ1) is 14.9. The zero-order valence-electron chi connectivity index (χ0n) is 15.7. The van der Waals surface area contributed by atoms with Crippen molar-refractivity contribution < 1.29 is 30.6 Å². The molecule has 0 fully saturated rings.